The van der Waals surface area contributed by atoms with Crippen molar-refractivity contribution < 1.29 is 13.0 Å². The summed E-state index contributed by atoms with van der Waals surface area (Å²) in [5.74, 6) is 0. The number of anilines is 1. The first-order valence-corrected chi connectivity index (χ1v) is 8.38. The number of nitrogens with one attached hydrogen (secondary N) is 1. The van der Waals surface area contributed by atoms with Crippen LogP contribution in [0.25, 0.3) is 0 Å². The van der Waals surface area contributed by atoms with Crippen molar-refractivity contribution >= 4 is 22.7 Å². The van der Waals surface area contributed by atoms with E-state index in [4.69, 9.17) is 0 Å². The molecule has 1 aromatic rings. The number of hydrogen-bond donors (Lipinski definition) is 2. The molecule has 0 atom stereocenters. The largest absolute Gasteiger partial charge is 0.360 e. The van der Waals surface area contributed by atoms with Gasteiger partial charge in [0.2, 0.25) is 0 Å². The van der Waals surface area contributed by atoms with E-state index in [-0.39, 0.29) is 5.41 Å². The summed E-state index contributed by atoms with van der Waals surface area (Å²) < 4.78 is 34.0. The maximum absolute atomic E-state index is 11.7. The molecule has 0 radical (unpaired) electrons. The highest BCUT2D eigenvalue weighted by molar-refractivity contribution is 7.87. The van der Waals surface area contributed by atoms with E-state index >= 15 is 0 Å². The van der Waals surface area contributed by atoms with Gasteiger partial charge in [-0.1, -0.05) is 12.1 Å². The average molecular weight is 309 g/mol. The first-order chi connectivity index (χ1) is 9.96. The van der Waals surface area contributed by atoms with Gasteiger partial charge in [-0.05, 0) is 49.8 Å². The van der Waals surface area contributed by atoms with Gasteiger partial charge in [0.1, 0.15) is 0 Å². The molecule has 6 nitrogen and oxygen atoms in total. The van der Waals surface area contributed by atoms with Crippen LogP contribution in [0.15, 0.2) is 23.2 Å². The molecule has 0 aliphatic carbocycles. The van der Waals surface area contributed by atoms with E-state index < -0.39 is 10.3 Å². The number of fused-ring (bicyclic) bond motifs is 2. The second-order valence-corrected chi connectivity index (χ2v) is 7.08. The van der Waals surface area contributed by atoms with Gasteiger partial charge in [0, 0.05) is 12.0 Å². The second-order valence-electron chi connectivity index (χ2n) is 5.75. The summed E-state index contributed by atoms with van der Waals surface area (Å²) in [4.78, 5) is 3.89. The minimum absolute atomic E-state index is 0.215. The minimum atomic E-state index is -4.24. The van der Waals surface area contributed by atoms with Crippen molar-refractivity contribution in [2.75, 3.05) is 23.9 Å². The molecule has 0 aromatic heterocycles. The molecule has 0 bridgehead atoms. The van der Waals surface area contributed by atoms with Gasteiger partial charge >= 0.3 is 10.3 Å². The minimum Gasteiger partial charge on any atom is -0.317 e. The van der Waals surface area contributed by atoms with E-state index in [9.17, 15) is 13.0 Å². The van der Waals surface area contributed by atoms with E-state index in [0.29, 0.717) is 18.8 Å². The lowest BCUT2D eigenvalue weighted by atomic mass is 9.74. The number of nitrogens with zero attached hydrogens (tertiary/aromatic N) is 2. The quantitative estimate of drug-likeness (QED) is 0.648. The molecule has 2 aliphatic rings. The van der Waals surface area contributed by atoms with E-state index in [0.717, 1.165) is 41.4 Å². The van der Waals surface area contributed by atoms with Crippen LogP contribution >= 0.6 is 0 Å². The van der Waals surface area contributed by atoms with Crippen LogP contribution in [0.2, 0.25) is 0 Å². The lowest BCUT2D eigenvalue weighted by molar-refractivity contribution is 0.328. The third-order valence-corrected chi connectivity index (χ3v) is 5.36. The van der Waals surface area contributed by atoms with Crippen LogP contribution in [0.4, 0.5) is 5.69 Å². The predicted molar refractivity (Wildman–Crippen MR) is 82.4 cm³/mol. The fourth-order valence-electron chi connectivity index (χ4n) is 3.44. The zero-order valence-corrected chi connectivity index (χ0v) is 12.6. The molecule has 7 heteroatoms. The highest BCUT2D eigenvalue weighted by Gasteiger charge is 2.46. The SMILES string of the molecule is C=NCc1ccc2c(c1)C1(CCNCC1)CN2S(=O)(=O)O. The lowest BCUT2D eigenvalue weighted by Gasteiger charge is -2.34. The van der Waals surface area contributed by atoms with Crippen LogP contribution in [-0.4, -0.2) is 39.3 Å². The Morgan fingerprint density at radius 3 is 2.71 bits per heavy atom. The number of hydrogen-bond acceptors (Lipinski definition) is 4. The van der Waals surface area contributed by atoms with Gasteiger partial charge in [0.05, 0.1) is 12.2 Å². The molecule has 2 aliphatic heterocycles. The predicted octanol–water partition coefficient (Wildman–Crippen LogP) is 1.13. The standard InChI is InChI=1S/C14H19N3O3S/c1-15-9-11-2-3-13-12(8-11)14(4-6-16-7-5-14)10-17(13)21(18,19)20/h2-3,8,16H,1,4-7,9-10H2,(H,18,19,20). The summed E-state index contributed by atoms with van der Waals surface area (Å²) in [6.45, 7) is 6.02. The summed E-state index contributed by atoms with van der Waals surface area (Å²) in [6, 6.07) is 5.62. The Kier molecular flexibility index (Phi) is 3.51. The van der Waals surface area contributed by atoms with Gasteiger partial charge in [-0.2, -0.15) is 8.42 Å². The van der Waals surface area contributed by atoms with Gasteiger partial charge in [-0.15, -0.1) is 0 Å². The van der Waals surface area contributed by atoms with Gasteiger partial charge < -0.3 is 5.32 Å². The van der Waals surface area contributed by atoms with Crippen molar-refractivity contribution in [1.82, 2.24) is 5.32 Å². The Labute approximate surface area is 124 Å². The molecule has 0 saturated carbocycles. The van der Waals surface area contributed by atoms with Gasteiger partial charge in [0.15, 0.2) is 0 Å². The van der Waals surface area contributed by atoms with Crippen molar-refractivity contribution in [2.24, 2.45) is 4.99 Å². The summed E-state index contributed by atoms with van der Waals surface area (Å²) >= 11 is 0. The Morgan fingerprint density at radius 1 is 1.38 bits per heavy atom. The Hall–Kier alpha value is -1.44. The van der Waals surface area contributed by atoms with Crippen LogP contribution < -0.4 is 9.62 Å². The average Bonchev–Trinajstić information content (AvgIpc) is 2.75. The molecule has 0 amide bonds. The van der Waals surface area contributed by atoms with Crippen LogP contribution in [0.1, 0.15) is 24.0 Å². The second kappa shape index (κ2) is 5.08. The zero-order valence-electron chi connectivity index (χ0n) is 11.7. The molecule has 21 heavy (non-hydrogen) atoms. The summed E-state index contributed by atoms with van der Waals surface area (Å²) in [7, 11) is -4.24. The monoisotopic (exact) mass is 309 g/mol. The van der Waals surface area contributed by atoms with Gasteiger partial charge in [0.25, 0.3) is 0 Å². The van der Waals surface area contributed by atoms with Crippen molar-refractivity contribution in [3.8, 4) is 0 Å². The maximum Gasteiger partial charge on any atom is 0.360 e. The van der Waals surface area contributed by atoms with E-state index in [1.54, 1.807) is 6.07 Å². The molecule has 114 valence electrons. The fourth-order valence-corrected chi connectivity index (χ4v) is 4.25. The van der Waals surface area contributed by atoms with Crippen LogP contribution in [0, 0.1) is 0 Å². The summed E-state index contributed by atoms with van der Waals surface area (Å²) in [5, 5.41) is 3.30. The Bertz CT molecular complexity index is 666. The fraction of sp³-hybridized carbons (Fsp3) is 0.500. The topological polar surface area (TPSA) is 82.0 Å². The Balaban J connectivity index is 2.12. The summed E-state index contributed by atoms with van der Waals surface area (Å²) in [5.41, 5.74) is 2.39. The first kappa shape index (κ1) is 14.5. The zero-order chi connectivity index (χ0) is 15.1. The normalized spacial score (nSPS) is 20.5. The van der Waals surface area contributed by atoms with Gasteiger partial charge in [-0.3, -0.25) is 9.55 Å². The van der Waals surface area contributed by atoms with E-state index in [2.05, 4.69) is 17.0 Å². The molecular weight excluding hydrogens is 290 g/mol. The van der Waals surface area contributed by atoms with Crippen LogP contribution in [0.5, 0.6) is 0 Å². The molecule has 1 aromatic carbocycles. The highest BCUT2D eigenvalue weighted by atomic mass is 32.2. The third-order valence-electron chi connectivity index (χ3n) is 4.48. The van der Waals surface area contributed by atoms with Crippen molar-refractivity contribution in [3.05, 3.63) is 29.3 Å². The molecule has 3 rings (SSSR count). The van der Waals surface area contributed by atoms with Gasteiger partial charge in [-0.25, -0.2) is 4.31 Å². The highest BCUT2D eigenvalue weighted by Crippen LogP contribution is 2.47. The van der Waals surface area contributed by atoms with E-state index in [1.165, 1.54) is 0 Å². The Morgan fingerprint density at radius 2 is 2.10 bits per heavy atom. The molecule has 2 heterocycles. The van der Waals surface area contributed by atoms with Crippen molar-refractivity contribution in [1.29, 1.82) is 0 Å². The first-order valence-electron chi connectivity index (χ1n) is 6.98. The number of benzene rings is 1. The van der Waals surface area contributed by atoms with Crippen molar-refractivity contribution in [2.45, 2.75) is 24.8 Å². The van der Waals surface area contributed by atoms with Crippen LogP contribution in [0.3, 0.4) is 0 Å². The summed E-state index contributed by atoms with van der Waals surface area (Å²) in [6.07, 6.45) is 1.72. The molecule has 0 unspecified atom stereocenters. The molecular formula is C14H19N3O3S. The number of rotatable bonds is 3. The van der Waals surface area contributed by atoms with E-state index in [1.807, 2.05) is 12.1 Å². The molecule has 1 spiro atoms. The number of aliphatic imine (C=N–C) groups is 1. The lowest BCUT2D eigenvalue weighted by Crippen LogP contribution is -2.44. The maximum atomic E-state index is 11.7. The number of piperidine rings is 1. The molecule has 1 saturated heterocycles. The molecule has 1 fully saturated rings. The third kappa shape index (κ3) is 2.45. The smallest absolute Gasteiger partial charge is 0.317 e. The van der Waals surface area contributed by atoms with Crippen molar-refractivity contribution in [3.63, 3.8) is 0 Å². The molecule has 2 N–H and O–H groups in total. The van der Waals surface area contributed by atoms with Crippen LogP contribution in [-0.2, 0) is 22.3 Å².